The summed E-state index contributed by atoms with van der Waals surface area (Å²) in [5, 5.41) is 2.96. The first kappa shape index (κ1) is 18.6. The predicted octanol–water partition coefficient (Wildman–Crippen LogP) is 1.62. The minimum atomic E-state index is 0. The Morgan fingerprint density at radius 2 is 2.33 bits per heavy atom. The van der Waals surface area contributed by atoms with Gasteiger partial charge in [-0.25, -0.2) is 0 Å². The highest BCUT2D eigenvalue weighted by Crippen LogP contribution is 2.17. The summed E-state index contributed by atoms with van der Waals surface area (Å²) >= 11 is 2.26. The highest BCUT2D eigenvalue weighted by molar-refractivity contribution is 14.1. The number of benzene rings is 1. The maximum Gasteiger partial charge on any atom is 0.238 e. The van der Waals surface area contributed by atoms with Gasteiger partial charge in [0.2, 0.25) is 5.91 Å². The number of halogens is 2. The Morgan fingerprint density at radius 3 is 3.00 bits per heavy atom. The van der Waals surface area contributed by atoms with Gasteiger partial charge in [-0.3, -0.25) is 9.69 Å². The van der Waals surface area contributed by atoms with Crippen LogP contribution in [0.5, 0.6) is 0 Å². The molecule has 0 aromatic heterocycles. The first-order chi connectivity index (χ1) is 9.58. The predicted molar refractivity (Wildman–Crippen MR) is 95.0 cm³/mol. The molecule has 1 heterocycles. The van der Waals surface area contributed by atoms with Crippen LogP contribution in [0.15, 0.2) is 18.2 Å². The molecule has 5 nitrogen and oxygen atoms in total. The van der Waals surface area contributed by atoms with Crippen molar-refractivity contribution >= 4 is 46.6 Å². The van der Waals surface area contributed by atoms with Crippen molar-refractivity contribution < 1.29 is 9.53 Å². The van der Waals surface area contributed by atoms with Crippen LogP contribution in [-0.2, 0) is 9.53 Å². The number of hydrogen-bond acceptors (Lipinski definition) is 4. The molecule has 0 radical (unpaired) electrons. The van der Waals surface area contributed by atoms with Crippen molar-refractivity contribution in [2.75, 3.05) is 38.1 Å². The molecule has 3 N–H and O–H groups in total. The van der Waals surface area contributed by atoms with Gasteiger partial charge in [-0.05, 0) is 53.3 Å². The lowest BCUT2D eigenvalue weighted by molar-refractivity contribution is -0.119. The Labute approximate surface area is 145 Å². The number of nitrogens with two attached hydrogens (primary N) is 1. The molecule has 1 fully saturated rings. The number of nitrogens with zero attached hydrogens (tertiary/aromatic N) is 1. The zero-order valence-corrected chi connectivity index (χ0v) is 14.9. The van der Waals surface area contributed by atoms with Gasteiger partial charge in [0.25, 0.3) is 0 Å². The molecule has 21 heavy (non-hydrogen) atoms. The summed E-state index contributed by atoms with van der Waals surface area (Å²) in [5.41, 5.74) is 7.55. The number of carbonyl (C=O) groups is 1. The molecule has 1 aromatic carbocycles. The number of aryl methyl sites for hydroxylation is 1. The molecule has 1 aromatic rings. The van der Waals surface area contributed by atoms with Gasteiger partial charge >= 0.3 is 0 Å². The first-order valence-electron chi connectivity index (χ1n) is 6.68. The molecule has 1 atom stereocenters. The summed E-state index contributed by atoms with van der Waals surface area (Å²) in [6.45, 7) is 5.00. The van der Waals surface area contributed by atoms with Crippen molar-refractivity contribution in [2.45, 2.75) is 13.0 Å². The maximum absolute atomic E-state index is 12.1. The van der Waals surface area contributed by atoms with Gasteiger partial charge in [-0.15, -0.1) is 12.4 Å². The number of carbonyl (C=O) groups excluding carboxylic acids is 1. The Balaban J connectivity index is 0.00000220. The van der Waals surface area contributed by atoms with Gasteiger partial charge in [0, 0.05) is 28.9 Å². The molecular formula is C14H21ClIN3O2. The van der Waals surface area contributed by atoms with Gasteiger partial charge in [0.1, 0.15) is 0 Å². The molecule has 0 saturated carbocycles. The molecule has 1 aliphatic heterocycles. The Morgan fingerprint density at radius 1 is 1.57 bits per heavy atom. The Kier molecular flexibility index (Phi) is 7.89. The SMILES string of the molecule is Cc1cc(I)ccc1NC(=O)CN1CCOC(CN)C1.Cl. The summed E-state index contributed by atoms with van der Waals surface area (Å²) in [5.74, 6) is 0.00646. The minimum absolute atomic E-state index is 0. The van der Waals surface area contributed by atoms with Crippen LogP contribution in [0.2, 0.25) is 0 Å². The second-order valence-corrected chi connectivity index (χ2v) is 6.22. The molecule has 0 spiro atoms. The number of amides is 1. The molecule has 7 heteroatoms. The number of rotatable bonds is 4. The highest BCUT2D eigenvalue weighted by atomic mass is 127. The smallest absolute Gasteiger partial charge is 0.238 e. The van der Waals surface area contributed by atoms with Crippen molar-refractivity contribution in [1.82, 2.24) is 4.90 Å². The van der Waals surface area contributed by atoms with E-state index in [1.165, 1.54) is 0 Å². The van der Waals surface area contributed by atoms with Crippen molar-refractivity contribution in [3.63, 3.8) is 0 Å². The van der Waals surface area contributed by atoms with E-state index >= 15 is 0 Å². The highest BCUT2D eigenvalue weighted by Gasteiger charge is 2.21. The summed E-state index contributed by atoms with van der Waals surface area (Å²) in [6, 6.07) is 5.98. The largest absolute Gasteiger partial charge is 0.374 e. The lowest BCUT2D eigenvalue weighted by atomic mass is 10.2. The quantitative estimate of drug-likeness (QED) is 0.720. The number of hydrogen-bond donors (Lipinski definition) is 2. The van der Waals surface area contributed by atoms with Crippen LogP contribution in [0.1, 0.15) is 5.56 Å². The lowest BCUT2D eigenvalue weighted by Gasteiger charge is -2.31. The Bertz CT molecular complexity index is 487. The summed E-state index contributed by atoms with van der Waals surface area (Å²) in [4.78, 5) is 14.2. The van der Waals surface area contributed by atoms with E-state index in [0.717, 1.165) is 27.9 Å². The fourth-order valence-corrected chi connectivity index (χ4v) is 2.87. The standard InChI is InChI=1S/C14H20IN3O2.ClH/c1-10-6-11(15)2-3-13(10)17-14(19)9-18-4-5-20-12(7-16)8-18;/h2-3,6,12H,4-5,7-9,16H2,1H3,(H,17,19);1H. The second-order valence-electron chi connectivity index (χ2n) is 4.97. The fourth-order valence-electron chi connectivity index (χ4n) is 2.23. The third-order valence-electron chi connectivity index (χ3n) is 3.32. The van der Waals surface area contributed by atoms with Crippen molar-refractivity contribution in [2.24, 2.45) is 5.73 Å². The normalized spacial score (nSPS) is 18.9. The van der Waals surface area contributed by atoms with E-state index in [0.29, 0.717) is 19.7 Å². The van der Waals surface area contributed by atoms with E-state index in [1.54, 1.807) is 0 Å². The Hall–Kier alpha value is -0.410. The van der Waals surface area contributed by atoms with Crippen LogP contribution in [0, 0.1) is 10.5 Å². The molecule has 1 amide bonds. The third-order valence-corrected chi connectivity index (χ3v) is 3.99. The maximum atomic E-state index is 12.1. The first-order valence-corrected chi connectivity index (χ1v) is 7.76. The van der Waals surface area contributed by atoms with Gasteiger partial charge < -0.3 is 15.8 Å². The summed E-state index contributed by atoms with van der Waals surface area (Å²) in [7, 11) is 0. The van der Waals surface area contributed by atoms with Crippen molar-refractivity contribution in [3.05, 3.63) is 27.3 Å². The molecule has 118 valence electrons. The van der Waals surface area contributed by atoms with Crippen molar-refractivity contribution in [1.29, 1.82) is 0 Å². The summed E-state index contributed by atoms with van der Waals surface area (Å²) < 4.78 is 6.65. The van der Waals surface area contributed by atoms with Gasteiger partial charge in [-0.1, -0.05) is 0 Å². The van der Waals surface area contributed by atoms with Crippen LogP contribution in [0.4, 0.5) is 5.69 Å². The van der Waals surface area contributed by atoms with Crippen LogP contribution in [0.3, 0.4) is 0 Å². The van der Waals surface area contributed by atoms with E-state index in [-0.39, 0.29) is 24.4 Å². The van der Waals surface area contributed by atoms with Crippen LogP contribution < -0.4 is 11.1 Å². The lowest BCUT2D eigenvalue weighted by Crippen LogP contribution is -2.48. The van der Waals surface area contributed by atoms with E-state index in [9.17, 15) is 4.79 Å². The molecule has 1 unspecified atom stereocenters. The zero-order chi connectivity index (χ0) is 14.5. The second kappa shape index (κ2) is 8.89. The number of nitrogens with one attached hydrogen (secondary N) is 1. The topological polar surface area (TPSA) is 67.6 Å². The number of anilines is 1. The molecule has 1 saturated heterocycles. The molecule has 2 rings (SSSR count). The van der Waals surface area contributed by atoms with E-state index in [2.05, 4.69) is 38.9 Å². The molecule has 1 aliphatic rings. The van der Waals surface area contributed by atoms with E-state index in [1.807, 2.05) is 19.1 Å². The van der Waals surface area contributed by atoms with E-state index in [4.69, 9.17) is 10.5 Å². The van der Waals surface area contributed by atoms with Gasteiger partial charge in [0.15, 0.2) is 0 Å². The monoisotopic (exact) mass is 425 g/mol. The molecule has 0 aliphatic carbocycles. The average Bonchev–Trinajstić information content (AvgIpc) is 2.42. The van der Waals surface area contributed by atoms with Crippen LogP contribution >= 0.6 is 35.0 Å². The average molecular weight is 426 g/mol. The van der Waals surface area contributed by atoms with Crippen LogP contribution in [0.25, 0.3) is 0 Å². The van der Waals surface area contributed by atoms with Gasteiger partial charge in [0.05, 0.1) is 19.3 Å². The number of morpholine rings is 1. The third kappa shape index (κ3) is 5.71. The fraction of sp³-hybridized carbons (Fsp3) is 0.500. The van der Waals surface area contributed by atoms with E-state index < -0.39 is 0 Å². The van der Waals surface area contributed by atoms with Gasteiger partial charge in [-0.2, -0.15) is 0 Å². The minimum Gasteiger partial charge on any atom is -0.374 e. The number of ether oxygens (including phenoxy) is 1. The zero-order valence-electron chi connectivity index (χ0n) is 12.0. The molecule has 0 bridgehead atoms. The summed E-state index contributed by atoms with van der Waals surface area (Å²) in [6.07, 6.45) is 0.0385. The molecular weight excluding hydrogens is 405 g/mol. The van der Waals surface area contributed by atoms with Crippen molar-refractivity contribution in [3.8, 4) is 0 Å². The van der Waals surface area contributed by atoms with Crippen LogP contribution in [-0.4, -0.2) is 49.7 Å².